The summed E-state index contributed by atoms with van der Waals surface area (Å²) in [6, 6.07) is 19.3. The van der Waals surface area contributed by atoms with Crippen molar-refractivity contribution >= 4 is 17.3 Å². The van der Waals surface area contributed by atoms with E-state index in [4.69, 9.17) is 9.47 Å². The molecule has 0 spiro atoms. The third-order valence-electron chi connectivity index (χ3n) is 4.38. The summed E-state index contributed by atoms with van der Waals surface area (Å²) < 4.78 is 25.0. The molecule has 6 nitrogen and oxygen atoms in total. The number of hydrogen-bond donors (Lipinski definition) is 0. The highest BCUT2D eigenvalue weighted by Crippen LogP contribution is 2.31. The minimum absolute atomic E-state index is 0.0153. The lowest BCUT2D eigenvalue weighted by Gasteiger charge is -2.13. The van der Waals surface area contributed by atoms with Gasteiger partial charge < -0.3 is 9.47 Å². The maximum atomic E-state index is 13.5. The third kappa shape index (κ3) is 5.67. The molecule has 0 radical (unpaired) electrons. The first-order chi connectivity index (χ1) is 15.0. The Balaban J connectivity index is 1.81. The van der Waals surface area contributed by atoms with Crippen LogP contribution in [0.2, 0.25) is 0 Å². The number of ether oxygens (including phenoxy) is 2. The summed E-state index contributed by atoms with van der Waals surface area (Å²) >= 11 is 0. The molecule has 0 aromatic heterocycles. The molecule has 0 heterocycles. The van der Waals surface area contributed by atoms with Crippen LogP contribution in [0.4, 0.5) is 10.1 Å². The molecule has 0 saturated carbocycles. The molecule has 7 heteroatoms. The second-order valence-electron chi connectivity index (χ2n) is 6.53. The van der Waals surface area contributed by atoms with E-state index in [2.05, 4.69) is 6.07 Å². The van der Waals surface area contributed by atoms with Gasteiger partial charge in [0.15, 0.2) is 11.5 Å². The Hall–Kier alpha value is -4.18. The van der Waals surface area contributed by atoms with Gasteiger partial charge >= 0.3 is 0 Å². The Morgan fingerprint density at radius 1 is 1.10 bits per heavy atom. The van der Waals surface area contributed by atoms with Gasteiger partial charge in [0.2, 0.25) is 0 Å². The molecule has 3 aromatic rings. The Labute approximate surface area is 178 Å². The number of hydrogen-bond acceptors (Lipinski definition) is 5. The SMILES string of the molecule is CCOc1cc(C=C(C#N)c2cccc(F)c2)ccc1OCc1ccc([N+](=O)[O-])cc1. The molecule has 0 aliphatic heterocycles. The highest BCUT2D eigenvalue weighted by molar-refractivity contribution is 5.89. The highest BCUT2D eigenvalue weighted by atomic mass is 19.1. The lowest BCUT2D eigenvalue weighted by molar-refractivity contribution is -0.384. The van der Waals surface area contributed by atoms with Crippen LogP contribution in [0.3, 0.4) is 0 Å². The molecule has 0 fully saturated rings. The Morgan fingerprint density at radius 3 is 2.52 bits per heavy atom. The van der Waals surface area contributed by atoms with Gasteiger partial charge in [0, 0.05) is 12.1 Å². The predicted octanol–water partition coefficient (Wildman–Crippen LogP) is 5.78. The molecule has 0 amide bonds. The fourth-order valence-electron chi connectivity index (χ4n) is 2.88. The van der Waals surface area contributed by atoms with Crippen molar-refractivity contribution in [1.82, 2.24) is 0 Å². The van der Waals surface area contributed by atoms with Gasteiger partial charge in [-0.1, -0.05) is 18.2 Å². The number of rotatable bonds is 8. The van der Waals surface area contributed by atoms with Crippen LogP contribution in [0.25, 0.3) is 11.6 Å². The number of nitrogens with zero attached hydrogens (tertiary/aromatic N) is 2. The Bertz CT molecular complexity index is 1150. The molecule has 156 valence electrons. The minimum atomic E-state index is -0.455. The molecule has 0 N–H and O–H groups in total. The molecule has 3 rings (SSSR count). The van der Waals surface area contributed by atoms with Crippen molar-refractivity contribution in [3.8, 4) is 17.6 Å². The fourth-order valence-corrected chi connectivity index (χ4v) is 2.88. The van der Waals surface area contributed by atoms with Crippen molar-refractivity contribution in [3.05, 3.63) is 99.4 Å². The first kappa shape index (κ1) is 21.5. The average molecular weight is 418 g/mol. The maximum absolute atomic E-state index is 13.5. The zero-order valence-electron chi connectivity index (χ0n) is 16.7. The molecule has 0 atom stereocenters. The summed E-state index contributed by atoms with van der Waals surface area (Å²) in [7, 11) is 0. The molecule has 0 unspecified atom stereocenters. The minimum Gasteiger partial charge on any atom is -0.490 e. The number of allylic oxidation sites excluding steroid dienone is 1. The predicted molar refractivity (Wildman–Crippen MR) is 115 cm³/mol. The number of benzene rings is 3. The summed E-state index contributed by atoms with van der Waals surface area (Å²) in [5.74, 6) is 0.583. The van der Waals surface area contributed by atoms with Gasteiger partial charge in [-0.25, -0.2) is 4.39 Å². The molecule has 0 saturated heterocycles. The molecule has 3 aromatic carbocycles. The van der Waals surface area contributed by atoms with Crippen LogP contribution >= 0.6 is 0 Å². The normalized spacial score (nSPS) is 10.9. The van der Waals surface area contributed by atoms with Crippen LogP contribution in [-0.2, 0) is 6.61 Å². The van der Waals surface area contributed by atoms with Crippen molar-refractivity contribution in [2.45, 2.75) is 13.5 Å². The van der Waals surface area contributed by atoms with E-state index in [1.165, 1.54) is 24.3 Å². The maximum Gasteiger partial charge on any atom is 0.269 e. The first-order valence-corrected chi connectivity index (χ1v) is 9.51. The molecule has 0 bridgehead atoms. The average Bonchev–Trinajstić information content (AvgIpc) is 2.77. The van der Waals surface area contributed by atoms with E-state index in [1.807, 2.05) is 6.92 Å². The van der Waals surface area contributed by atoms with Crippen LogP contribution in [-0.4, -0.2) is 11.5 Å². The summed E-state index contributed by atoms with van der Waals surface area (Å²) in [4.78, 5) is 10.3. The summed E-state index contributed by atoms with van der Waals surface area (Å²) in [6.45, 7) is 2.46. The lowest BCUT2D eigenvalue weighted by Crippen LogP contribution is -2.00. The van der Waals surface area contributed by atoms with E-state index in [1.54, 1.807) is 48.5 Å². The van der Waals surface area contributed by atoms with E-state index in [9.17, 15) is 19.8 Å². The monoisotopic (exact) mass is 418 g/mol. The van der Waals surface area contributed by atoms with Gasteiger partial charge in [-0.05, 0) is 66.1 Å². The van der Waals surface area contributed by atoms with E-state index >= 15 is 0 Å². The molecular weight excluding hydrogens is 399 g/mol. The van der Waals surface area contributed by atoms with Crippen LogP contribution in [0.15, 0.2) is 66.7 Å². The second kappa shape index (κ2) is 10.0. The largest absolute Gasteiger partial charge is 0.490 e. The Morgan fingerprint density at radius 2 is 1.87 bits per heavy atom. The van der Waals surface area contributed by atoms with Gasteiger partial charge in [0.1, 0.15) is 12.4 Å². The number of nitriles is 1. The van der Waals surface area contributed by atoms with Gasteiger partial charge in [-0.3, -0.25) is 10.1 Å². The number of nitro benzene ring substituents is 1. The molecule has 0 aliphatic rings. The Kier molecular flexibility index (Phi) is 6.97. The smallest absolute Gasteiger partial charge is 0.269 e. The zero-order valence-corrected chi connectivity index (χ0v) is 16.7. The summed E-state index contributed by atoms with van der Waals surface area (Å²) in [6.07, 6.45) is 1.65. The van der Waals surface area contributed by atoms with Gasteiger partial charge in [-0.2, -0.15) is 5.26 Å². The van der Waals surface area contributed by atoms with Crippen molar-refractivity contribution in [2.75, 3.05) is 6.61 Å². The van der Waals surface area contributed by atoms with E-state index in [0.717, 1.165) is 5.56 Å². The standard InChI is InChI=1S/C24H19FN2O4/c1-2-30-24-13-18(12-20(15-26)19-4-3-5-21(25)14-19)8-11-23(24)31-16-17-6-9-22(10-7-17)27(28)29/h3-14H,2,16H2,1H3. The molecular formula is C24H19FN2O4. The molecule has 0 aliphatic carbocycles. The van der Waals surface area contributed by atoms with Gasteiger partial charge in [0.25, 0.3) is 5.69 Å². The quantitative estimate of drug-likeness (QED) is 0.200. The summed E-state index contributed by atoms with van der Waals surface area (Å²) in [5.41, 5.74) is 2.30. The van der Waals surface area contributed by atoms with Crippen LogP contribution in [0.1, 0.15) is 23.6 Å². The number of halogens is 1. The van der Waals surface area contributed by atoms with Crippen LogP contribution in [0, 0.1) is 27.3 Å². The number of non-ortho nitro benzene ring substituents is 1. The van der Waals surface area contributed by atoms with E-state index < -0.39 is 10.7 Å². The van der Waals surface area contributed by atoms with Gasteiger partial charge in [0.05, 0.1) is 23.2 Å². The summed E-state index contributed by atoms with van der Waals surface area (Å²) in [5, 5.41) is 20.2. The zero-order chi connectivity index (χ0) is 22.2. The fraction of sp³-hybridized carbons (Fsp3) is 0.125. The highest BCUT2D eigenvalue weighted by Gasteiger charge is 2.09. The van der Waals surface area contributed by atoms with Crippen molar-refractivity contribution in [2.24, 2.45) is 0 Å². The molecule has 31 heavy (non-hydrogen) atoms. The topological polar surface area (TPSA) is 85.4 Å². The number of nitro groups is 1. The first-order valence-electron chi connectivity index (χ1n) is 9.51. The second-order valence-corrected chi connectivity index (χ2v) is 6.53. The van der Waals surface area contributed by atoms with Crippen molar-refractivity contribution in [3.63, 3.8) is 0 Å². The van der Waals surface area contributed by atoms with Crippen molar-refractivity contribution < 1.29 is 18.8 Å². The van der Waals surface area contributed by atoms with Crippen LogP contribution < -0.4 is 9.47 Å². The third-order valence-corrected chi connectivity index (χ3v) is 4.38. The van der Waals surface area contributed by atoms with E-state index in [-0.39, 0.29) is 12.3 Å². The van der Waals surface area contributed by atoms with Gasteiger partial charge in [-0.15, -0.1) is 0 Å². The van der Waals surface area contributed by atoms with E-state index in [0.29, 0.717) is 34.8 Å². The van der Waals surface area contributed by atoms with Crippen molar-refractivity contribution in [1.29, 1.82) is 5.26 Å². The van der Waals surface area contributed by atoms with Crippen LogP contribution in [0.5, 0.6) is 11.5 Å². The lowest BCUT2D eigenvalue weighted by atomic mass is 10.0.